The topological polar surface area (TPSA) is 64.7 Å². The van der Waals surface area contributed by atoms with Gasteiger partial charge < -0.3 is 5.73 Å². The molecule has 0 saturated carbocycles. The molecule has 0 amide bonds. The highest BCUT2D eigenvalue weighted by molar-refractivity contribution is 6.66. The Labute approximate surface area is 103 Å². The lowest BCUT2D eigenvalue weighted by molar-refractivity contribution is 0.663. The van der Waals surface area contributed by atoms with Crippen LogP contribution in [0.4, 0.5) is 5.95 Å². The average Bonchev–Trinajstić information content (AvgIpc) is 2.14. The first-order chi connectivity index (χ1) is 6.84. The summed E-state index contributed by atoms with van der Waals surface area (Å²) < 4.78 is -1.67. The molecule has 1 aromatic rings. The summed E-state index contributed by atoms with van der Waals surface area (Å²) in [6.07, 6.45) is 0.878. The van der Waals surface area contributed by atoms with Gasteiger partial charge in [0.2, 0.25) is 9.74 Å². The molecule has 0 fully saturated rings. The lowest BCUT2D eigenvalue weighted by Crippen LogP contribution is -2.14. The van der Waals surface area contributed by atoms with Crippen molar-refractivity contribution in [1.29, 1.82) is 0 Å². The SMILES string of the molecule is CCC(C)c1nc(N)nc(C(Cl)(Cl)Cl)n1. The smallest absolute Gasteiger partial charge is 0.250 e. The molecule has 0 spiro atoms. The molecule has 0 aromatic carbocycles. The monoisotopic (exact) mass is 268 g/mol. The number of halogens is 3. The van der Waals surface area contributed by atoms with Gasteiger partial charge in [-0.1, -0.05) is 48.7 Å². The van der Waals surface area contributed by atoms with E-state index in [2.05, 4.69) is 15.0 Å². The molecule has 7 heteroatoms. The van der Waals surface area contributed by atoms with Gasteiger partial charge in [-0.15, -0.1) is 0 Å². The summed E-state index contributed by atoms with van der Waals surface area (Å²) in [5, 5.41) is 0. The summed E-state index contributed by atoms with van der Waals surface area (Å²) in [6.45, 7) is 3.98. The molecule has 1 rings (SSSR count). The van der Waals surface area contributed by atoms with Crippen molar-refractivity contribution in [1.82, 2.24) is 15.0 Å². The van der Waals surface area contributed by atoms with Crippen LogP contribution in [0.25, 0.3) is 0 Å². The van der Waals surface area contributed by atoms with E-state index in [0.717, 1.165) is 6.42 Å². The number of nitrogen functional groups attached to an aromatic ring is 1. The van der Waals surface area contributed by atoms with Gasteiger partial charge in [-0.25, -0.2) is 4.98 Å². The third-order valence-electron chi connectivity index (χ3n) is 1.98. The average molecular weight is 270 g/mol. The summed E-state index contributed by atoms with van der Waals surface area (Å²) in [6, 6.07) is 0. The lowest BCUT2D eigenvalue weighted by atomic mass is 10.1. The molecule has 0 aliphatic heterocycles. The Hall–Kier alpha value is -0.320. The molecule has 1 heterocycles. The van der Waals surface area contributed by atoms with E-state index in [9.17, 15) is 0 Å². The molecule has 1 aromatic heterocycles. The Morgan fingerprint density at radius 1 is 1.27 bits per heavy atom. The minimum Gasteiger partial charge on any atom is -0.368 e. The van der Waals surface area contributed by atoms with Crippen LogP contribution in [0.3, 0.4) is 0 Å². The second-order valence-electron chi connectivity index (χ2n) is 3.18. The zero-order chi connectivity index (χ0) is 11.6. The van der Waals surface area contributed by atoms with E-state index in [1.807, 2.05) is 13.8 Å². The highest BCUT2D eigenvalue weighted by atomic mass is 35.6. The molecule has 0 aliphatic carbocycles. The van der Waals surface area contributed by atoms with Crippen LogP contribution in [0.2, 0.25) is 0 Å². The van der Waals surface area contributed by atoms with Crippen LogP contribution in [0.5, 0.6) is 0 Å². The van der Waals surface area contributed by atoms with Crippen molar-refractivity contribution in [2.75, 3.05) is 5.73 Å². The van der Waals surface area contributed by atoms with Crippen molar-refractivity contribution in [3.05, 3.63) is 11.6 Å². The number of anilines is 1. The Morgan fingerprint density at radius 2 is 1.87 bits per heavy atom. The largest absolute Gasteiger partial charge is 0.368 e. The van der Waals surface area contributed by atoms with E-state index in [4.69, 9.17) is 40.5 Å². The highest BCUT2D eigenvalue weighted by Gasteiger charge is 2.28. The number of alkyl halides is 3. The molecule has 0 saturated heterocycles. The molecular weight excluding hydrogens is 258 g/mol. The fourth-order valence-electron chi connectivity index (χ4n) is 0.939. The Kier molecular flexibility index (Phi) is 3.98. The summed E-state index contributed by atoms with van der Waals surface area (Å²) in [4.78, 5) is 11.9. The predicted molar refractivity (Wildman–Crippen MR) is 62.2 cm³/mol. The Balaban J connectivity index is 3.17. The van der Waals surface area contributed by atoms with Gasteiger partial charge >= 0.3 is 0 Å². The summed E-state index contributed by atoms with van der Waals surface area (Å²) >= 11 is 17.0. The van der Waals surface area contributed by atoms with Crippen LogP contribution in [0.1, 0.15) is 37.8 Å². The Morgan fingerprint density at radius 3 is 2.33 bits per heavy atom. The number of aromatic nitrogens is 3. The van der Waals surface area contributed by atoms with Crippen LogP contribution in [-0.4, -0.2) is 15.0 Å². The van der Waals surface area contributed by atoms with Gasteiger partial charge in [0.15, 0.2) is 5.82 Å². The van der Waals surface area contributed by atoms with Gasteiger partial charge in [0, 0.05) is 5.92 Å². The number of nitrogens with zero attached hydrogens (tertiary/aromatic N) is 3. The van der Waals surface area contributed by atoms with Gasteiger partial charge in [0.05, 0.1) is 0 Å². The van der Waals surface area contributed by atoms with Crippen LogP contribution in [0.15, 0.2) is 0 Å². The van der Waals surface area contributed by atoms with Crippen LogP contribution in [-0.2, 0) is 3.79 Å². The van der Waals surface area contributed by atoms with E-state index < -0.39 is 3.79 Å². The third kappa shape index (κ3) is 3.33. The maximum atomic E-state index is 5.67. The number of hydrogen-bond acceptors (Lipinski definition) is 4. The molecule has 1 atom stereocenters. The summed E-state index contributed by atoms with van der Waals surface area (Å²) in [5.74, 6) is 0.838. The van der Waals surface area contributed by atoms with E-state index in [1.165, 1.54) is 0 Å². The van der Waals surface area contributed by atoms with Crippen molar-refractivity contribution in [3.63, 3.8) is 0 Å². The minimum atomic E-state index is -1.67. The number of hydrogen-bond donors (Lipinski definition) is 1. The molecule has 1 unspecified atom stereocenters. The van der Waals surface area contributed by atoms with Gasteiger partial charge in [-0.2, -0.15) is 9.97 Å². The molecule has 0 bridgehead atoms. The van der Waals surface area contributed by atoms with Gasteiger partial charge in [-0.05, 0) is 6.42 Å². The highest BCUT2D eigenvalue weighted by Crippen LogP contribution is 2.36. The lowest BCUT2D eigenvalue weighted by Gasteiger charge is -2.13. The van der Waals surface area contributed by atoms with E-state index in [1.54, 1.807) is 0 Å². The fraction of sp³-hybridized carbons (Fsp3) is 0.625. The number of rotatable bonds is 2. The standard InChI is InChI=1S/C8H11Cl3N4/c1-3-4(2)5-13-6(8(9,10)11)15-7(12)14-5/h4H,3H2,1-2H3,(H2,12,13,14,15). The first kappa shape index (κ1) is 12.7. The first-order valence-electron chi connectivity index (χ1n) is 4.43. The molecule has 0 aliphatic rings. The molecule has 4 nitrogen and oxygen atoms in total. The summed E-state index contributed by atoms with van der Waals surface area (Å²) in [5.41, 5.74) is 5.51. The first-order valence-corrected chi connectivity index (χ1v) is 5.56. The van der Waals surface area contributed by atoms with E-state index in [-0.39, 0.29) is 17.7 Å². The molecule has 15 heavy (non-hydrogen) atoms. The van der Waals surface area contributed by atoms with E-state index in [0.29, 0.717) is 5.82 Å². The molecule has 0 radical (unpaired) electrons. The summed E-state index contributed by atoms with van der Waals surface area (Å²) in [7, 11) is 0. The fourth-order valence-corrected chi connectivity index (χ4v) is 1.19. The second kappa shape index (κ2) is 4.68. The van der Waals surface area contributed by atoms with Crippen molar-refractivity contribution in [2.24, 2.45) is 0 Å². The zero-order valence-electron chi connectivity index (χ0n) is 8.34. The van der Waals surface area contributed by atoms with Crippen LogP contribution < -0.4 is 5.73 Å². The second-order valence-corrected chi connectivity index (χ2v) is 5.46. The third-order valence-corrected chi connectivity index (χ3v) is 2.48. The van der Waals surface area contributed by atoms with Crippen molar-refractivity contribution < 1.29 is 0 Å². The number of nitrogens with two attached hydrogens (primary N) is 1. The Bertz CT molecular complexity index is 350. The van der Waals surface area contributed by atoms with Crippen LogP contribution in [0, 0.1) is 0 Å². The quantitative estimate of drug-likeness (QED) is 0.839. The van der Waals surface area contributed by atoms with Crippen molar-refractivity contribution in [3.8, 4) is 0 Å². The van der Waals surface area contributed by atoms with Crippen LogP contribution >= 0.6 is 34.8 Å². The van der Waals surface area contributed by atoms with Gasteiger partial charge in [0.25, 0.3) is 0 Å². The maximum Gasteiger partial charge on any atom is 0.250 e. The predicted octanol–water partition coefficient (Wildman–Crippen LogP) is 2.79. The van der Waals surface area contributed by atoms with Crippen molar-refractivity contribution >= 4 is 40.8 Å². The van der Waals surface area contributed by atoms with Gasteiger partial charge in [-0.3, -0.25) is 0 Å². The molecule has 2 N–H and O–H groups in total. The van der Waals surface area contributed by atoms with Crippen molar-refractivity contribution in [2.45, 2.75) is 30.0 Å². The van der Waals surface area contributed by atoms with Gasteiger partial charge in [0.1, 0.15) is 5.82 Å². The zero-order valence-corrected chi connectivity index (χ0v) is 10.6. The molecule has 84 valence electrons. The normalized spacial score (nSPS) is 13.9. The molecular formula is C8H11Cl3N4. The van der Waals surface area contributed by atoms with E-state index >= 15 is 0 Å². The minimum absolute atomic E-state index is 0.0651. The maximum absolute atomic E-state index is 5.67.